The maximum atomic E-state index is 12.5. The molecule has 1 rings (SSSR count). The fourth-order valence-electron chi connectivity index (χ4n) is 2.46. The summed E-state index contributed by atoms with van der Waals surface area (Å²) in [7, 11) is 0. The number of carbonyl (C=O) groups is 1. The molecule has 0 aromatic heterocycles. The Hall–Kier alpha value is -0.570. The predicted octanol–water partition coefficient (Wildman–Crippen LogP) is 2.59. The van der Waals surface area contributed by atoms with Crippen LogP contribution in [0.4, 0.5) is 0 Å². The van der Waals surface area contributed by atoms with Crippen molar-refractivity contribution >= 4 is 5.91 Å². The number of nitrogens with one attached hydrogen (secondary N) is 1. The highest BCUT2D eigenvalue weighted by Gasteiger charge is 2.38. The van der Waals surface area contributed by atoms with Crippen molar-refractivity contribution in [2.45, 2.75) is 71.3 Å². The van der Waals surface area contributed by atoms with Crippen LogP contribution in [0.2, 0.25) is 0 Å². The average Bonchev–Trinajstić information content (AvgIpc) is 2.54. The van der Waals surface area contributed by atoms with Gasteiger partial charge in [0.25, 0.3) is 0 Å². The van der Waals surface area contributed by atoms with E-state index < -0.39 is 0 Å². The van der Waals surface area contributed by atoms with Crippen LogP contribution in [0.3, 0.4) is 0 Å². The van der Waals surface area contributed by atoms with Crippen molar-refractivity contribution in [1.82, 2.24) is 5.32 Å². The molecule has 0 aromatic rings. The molecule has 0 unspecified atom stereocenters. The van der Waals surface area contributed by atoms with Gasteiger partial charge in [-0.05, 0) is 33.1 Å². The van der Waals surface area contributed by atoms with Crippen LogP contribution >= 0.6 is 0 Å². The second-order valence-corrected chi connectivity index (χ2v) is 6.09. The van der Waals surface area contributed by atoms with Gasteiger partial charge < -0.3 is 11.1 Å². The lowest BCUT2D eigenvalue weighted by atomic mass is 9.78. The molecule has 1 amide bonds. The highest BCUT2D eigenvalue weighted by Crippen LogP contribution is 2.35. The third kappa shape index (κ3) is 3.70. The molecule has 3 N–H and O–H groups in total. The highest BCUT2D eigenvalue weighted by molar-refractivity contribution is 5.83. The van der Waals surface area contributed by atoms with Gasteiger partial charge in [-0.15, -0.1) is 0 Å². The number of hydrogen-bond acceptors (Lipinski definition) is 2. The molecule has 0 heterocycles. The zero-order chi connectivity index (χ0) is 12.9. The van der Waals surface area contributed by atoms with E-state index in [-0.39, 0.29) is 16.9 Å². The molecule has 3 nitrogen and oxygen atoms in total. The highest BCUT2D eigenvalue weighted by atomic mass is 16.2. The number of amides is 1. The van der Waals surface area contributed by atoms with Crippen molar-refractivity contribution in [2.24, 2.45) is 11.1 Å². The molecule has 0 radical (unpaired) electrons. The standard InChI is InChI=1S/C14H28N2O/c1-4-13(2,3)16-12(17)14(11-15)9-7-5-6-8-10-14/h4-11,15H2,1-3H3,(H,16,17). The van der Waals surface area contributed by atoms with Gasteiger partial charge in [0.1, 0.15) is 0 Å². The maximum Gasteiger partial charge on any atom is 0.227 e. The van der Waals surface area contributed by atoms with E-state index in [9.17, 15) is 4.79 Å². The molecule has 1 aliphatic carbocycles. The monoisotopic (exact) mass is 240 g/mol. The second-order valence-electron chi connectivity index (χ2n) is 6.09. The lowest BCUT2D eigenvalue weighted by molar-refractivity contribution is -0.133. The summed E-state index contributed by atoms with van der Waals surface area (Å²) in [5, 5.41) is 3.18. The molecular weight excluding hydrogens is 212 g/mol. The molecule has 0 aromatic carbocycles. The van der Waals surface area contributed by atoms with Gasteiger partial charge in [0.05, 0.1) is 5.41 Å². The van der Waals surface area contributed by atoms with Crippen molar-refractivity contribution in [3.8, 4) is 0 Å². The summed E-state index contributed by atoms with van der Waals surface area (Å²) in [6, 6.07) is 0. The van der Waals surface area contributed by atoms with Crippen LogP contribution in [0.1, 0.15) is 65.7 Å². The van der Waals surface area contributed by atoms with Gasteiger partial charge in [0.15, 0.2) is 0 Å². The van der Waals surface area contributed by atoms with Crippen LogP contribution in [0, 0.1) is 5.41 Å². The topological polar surface area (TPSA) is 55.1 Å². The molecule has 1 saturated carbocycles. The van der Waals surface area contributed by atoms with Gasteiger partial charge in [-0.3, -0.25) is 4.79 Å². The van der Waals surface area contributed by atoms with Crippen molar-refractivity contribution in [1.29, 1.82) is 0 Å². The summed E-state index contributed by atoms with van der Waals surface area (Å²) in [6.07, 6.45) is 7.61. The van der Waals surface area contributed by atoms with Crippen LogP contribution in [-0.2, 0) is 4.79 Å². The summed E-state index contributed by atoms with van der Waals surface area (Å²) >= 11 is 0. The van der Waals surface area contributed by atoms with Crippen molar-refractivity contribution < 1.29 is 4.79 Å². The quantitative estimate of drug-likeness (QED) is 0.742. The number of rotatable bonds is 4. The second kappa shape index (κ2) is 5.85. The van der Waals surface area contributed by atoms with Crippen LogP contribution < -0.4 is 11.1 Å². The SMILES string of the molecule is CCC(C)(C)NC(=O)C1(CN)CCCCCC1. The van der Waals surface area contributed by atoms with Gasteiger partial charge in [-0.2, -0.15) is 0 Å². The van der Waals surface area contributed by atoms with Crippen molar-refractivity contribution in [2.75, 3.05) is 6.54 Å². The fourth-order valence-corrected chi connectivity index (χ4v) is 2.46. The lowest BCUT2D eigenvalue weighted by Crippen LogP contribution is -2.52. The van der Waals surface area contributed by atoms with Gasteiger partial charge in [-0.25, -0.2) is 0 Å². The first-order valence-corrected chi connectivity index (χ1v) is 6.98. The van der Waals surface area contributed by atoms with Crippen molar-refractivity contribution in [3.05, 3.63) is 0 Å². The van der Waals surface area contributed by atoms with E-state index in [1.54, 1.807) is 0 Å². The Morgan fingerprint density at radius 3 is 2.18 bits per heavy atom. The van der Waals surface area contributed by atoms with E-state index >= 15 is 0 Å². The molecule has 0 spiro atoms. The summed E-state index contributed by atoms with van der Waals surface area (Å²) < 4.78 is 0. The molecular formula is C14H28N2O. The summed E-state index contributed by atoms with van der Waals surface area (Å²) in [6.45, 7) is 6.73. The molecule has 100 valence electrons. The first-order valence-electron chi connectivity index (χ1n) is 6.98. The molecule has 0 atom stereocenters. The number of hydrogen-bond donors (Lipinski definition) is 2. The molecule has 17 heavy (non-hydrogen) atoms. The first-order chi connectivity index (χ1) is 7.96. The molecule has 0 aliphatic heterocycles. The Labute approximate surface area is 106 Å². The Kier molecular flexibility index (Phi) is 4.99. The van der Waals surface area contributed by atoms with E-state index in [0.717, 1.165) is 32.1 Å². The largest absolute Gasteiger partial charge is 0.351 e. The zero-order valence-electron chi connectivity index (χ0n) is 11.6. The fraction of sp³-hybridized carbons (Fsp3) is 0.929. The smallest absolute Gasteiger partial charge is 0.227 e. The van der Waals surface area contributed by atoms with E-state index in [4.69, 9.17) is 5.73 Å². The molecule has 3 heteroatoms. The van der Waals surface area contributed by atoms with Crippen LogP contribution in [-0.4, -0.2) is 18.0 Å². The predicted molar refractivity (Wildman–Crippen MR) is 71.7 cm³/mol. The molecule has 0 bridgehead atoms. The summed E-state index contributed by atoms with van der Waals surface area (Å²) in [5.41, 5.74) is 5.49. The van der Waals surface area contributed by atoms with E-state index in [2.05, 4.69) is 26.1 Å². The molecule has 0 saturated heterocycles. The van der Waals surface area contributed by atoms with E-state index in [1.165, 1.54) is 12.8 Å². The van der Waals surface area contributed by atoms with E-state index in [0.29, 0.717) is 6.54 Å². The third-order valence-corrected chi connectivity index (χ3v) is 4.27. The minimum Gasteiger partial charge on any atom is -0.351 e. The van der Waals surface area contributed by atoms with Crippen LogP contribution in [0.5, 0.6) is 0 Å². The Morgan fingerprint density at radius 2 is 1.76 bits per heavy atom. The van der Waals surface area contributed by atoms with Gasteiger partial charge in [-0.1, -0.05) is 32.6 Å². The van der Waals surface area contributed by atoms with Crippen LogP contribution in [0.15, 0.2) is 0 Å². The normalized spacial score (nSPS) is 20.7. The lowest BCUT2D eigenvalue weighted by Gasteiger charge is -2.35. The van der Waals surface area contributed by atoms with Crippen molar-refractivity contribution in [3.63, 3.8) is 0 Å². The Balaban J connectivity index is 2.74. The maximum absolute atomic E-state index is 12.5. The Morgan fingerprint density at radius 1 is 1.24 bits per heavy atom. The Bertz CT molecular complexity index is 253. The van der Waals surface area contributed by atoms with Gasteiger partial charge in [0.2, 0.25) is 5.91 Å². The zero-order valence-corrected chi connectivity index (χ0v) is 11.6. The van der Waals surface area contributed by atoms with Gasteiger partial charge >= 0.3 is 0 Å². The molecule has 1 fully saturated rings. The minimum absolute atomic E-state index is 0.119. The average molecular weight is 240 g/mol. The first kappa shape index (κ1) is 14.5. The number of nitrogens with two attached hydrogens (primary N) is 1. The summed E-state index contributed by atoms with van der Waals surface area (Å²) in [5.74, 6) is 0.175. The third-order valence-electron chi connectivity index (χ3n) is 4.27. The van der Waals surface area contributed by atoms with Crippen LogP contribution in [0.25, 0.3) is 0 Å². The minimum atomic E-state index is -0.303. The summed E-state index contributed by atoms with van der Waals surface area (Å²) in [4.78, 5) is 12.5. The number of carbonyl (C=O) groups excluding carboxylic acids is 1. The molecule has 1 aliphatic rings. The van der Waals surface area contributed by atoms with E-state index in [1.807, 2.05) is 0 Å². The van der Waals surface area contributed by atoms with Gasteiger partial charge in [0, 0.05) is 12.1 Å².